The number of aryl methyl sites for hydroxylation is 2. The molecule has 182 valence electrons. The molecule has 0 saturated carbocycles. The number of rotatable bonds is 9. The number of amides is 1. The summed E-state index contributed by atoms with van der Waals surface area (Å²) in [6.45, 7) is 4.48. The molecule has 0 saturated heterocycles. The molecule has 2 aromatic heterocycles. The van der Waals surface area contributed by atoms with Crippen LogP contribution in [-0.2, 0) is 22.6 Å². The topological polar surface area (TPSA) is 91.7 Å². The summed E-state index contributed by atoms with van der Waals surface area (Å²) >= 11 is 1.31. The maximum Gasteiger partial charge on any atom is 0.348 e. The summed E-state index contributed by atoms with van der Waals surface area (Å²) < 4.78 is 17.6. The minimum absolute atomic E-state index is 0.271. The van der Waals surface area contributed by atoms with Gasteiger partial charge < -0.3 is 19.5 Å². The second-order valence-corrected chi connectivity index (χ2v) is 9.13. The average Bonchev–Trinajstić information content (AvgIpc) is 3.43. The average molecular weight is 494 g/mol. The van der Waals surface area contributed by atoms with E-state index in [1.54, 1.807) is 32.4 Å². The first-order chi connectivity index (χ1) is 16.9. The number of hydrogen-bond acceptors (Lipinski definition) is 7. The smallest absolute Gasteiger partial charge is 0.348 e. The Labute approximate surface area is 207 Å². The van der Waals surface area contributed by atoms with Crippen LogP contribution in [0.4, 0.5) is 0 Å². The maximum absolute atomic E-state index is 12.6. The normalized spacial score (nSPS) is 10.9. The van der Waals surface area contributed by atoms with Crippen molar-refractivity contribution < 1.29 is 23.8 Å². The van der Waals surface area contributed by atoms with Crippen molar-refractivity contribution in [2.45, 2.75) is 26.9 Å². The van der Waals surface area contributed by atoms with Crippen LogP contribution in [0.25, 0.3) is 10.2 Å². The number of benzene rings is 2. The Morgan fingerprint density at radius 3 is 2.40 bits per heavy atom. The van der Waals surface area contributed by atoms with Gasteiger partial charge in [0.05, 0.1) is 26.5 Å². The van der Waals surface area contributed by atoms with Crippen LogP contribution < -0.4 is 14.8 Å². The highest BCUT2D eigenvalue weighted by molar-refractivity contribution is 7.20. The van der Waals surface area contributed by atoms with E-state index in [4.69, 9.17) is 14.2 Å². The number of hydrogen-bond donors (Lipinski definition) is 1. The van der Waals surface area contributed by atoms with Gasteiger partial charge in [0, 0.05) is 11.9 Å². The molecule has 4 rings (SSSR count). The van der Waals surface area contributed by atoms with Gasteiger partial charge in [0.25, 0.3) is 5.91 Å². The molecule has 0 aliphatic heterocycles. The number of methoxy groups -OCH3 is 2. The van der Waals surface area contributed by atoms with Crippen LogP contribution in [-0.4, -0.2) is 42.5 Å². The van der Waals surface area contributed by atoms with Gasteiger partial charge in [0.2, 0.25) is 0 Å². The van der Waals surface area contributed by atoms with E-state index < -0.39 is 11.9 Å². The molecular formula is C26H27N3O5S. The van der Waals surface area contributed by atoms with Gasteiger partial charge >= 0.3 is 5.97 Å². The Hall–Kier alpha value is -3.85. The summed E-state index contributed by atoms with van der Waals surface area (Å²) in [4.78, 5) is 26.2. The summed E-state index contributed by atoms with van der Waals surface area (Å²) in [6.07, 6.45) is 0. The molecule has 0 spiro atoms. The predicted molar refractivity (Wildman–Crippen MR) is 134 cm³/mol. The summed E-state index contributed by atoms with van der Waals surface area (Å²) in [5, 5.41) is 8.26. The molecule has 9 heteroatoms. The van der Waals surface area contributed by atoms with E-state index in [0.29, 0.717) is 22.9 Å². The second-order valence-electron chi connectivity index (χ2n) is 8.10. The molecule has 0 radical (unpaired) electrons. The van der Waals surface area contributed by atoms with Crippen LogP contribution in [0.5, 0.6) is 11.5 Å². The summed E-state index contributed by atoms with van der Waals surface area (Å²) in [6, 6.07) is 15.4. The first-order valence-electron chi connectivity index (χ1n) is 11.0. The molecule has 0 fully saturated rings. The van der Waals surface area contributed by atoms with Gasteiger partial charge in [0.15, 0.2) is 18.1 Å². The fourth-order valence-corrected chi connectivity index (χ4v) is 4.69. The van der Waals surface area contributed by atoms with Gasteiger partial charge in [-0.2, -0.15) is 5.10 Å². The van der Waals surface area contributed by atoms with E-state index >= 15 is 0 Å². The number of carbonyl (C=O) groups excluding carboxylic acids is 2. The minimum Gasteiger partial charge on any atom is -0.493 e. The van der Waals surface area contributed by atoms with Gasteiger partial charge in [-0.1, -0.05) is 35.9 Å². The molecule has 4 aromatic rings. The monoisotopic (exact) mass is 493 g/mol. The van der Waals surface area contributed by atoms with E-state index in [1.165, 1.54) is 16.9 Å². The third-order valence-corrected chi connectivity index (χ3v) is 6.66. The summed E-state index contributed by atoms with van der Waals surface area (Å²) in [7, 11) is 3.11. The highest BCUT2D eigenvalue weighted by Gasteiger charge is 2.18. The predicted octanol–water partition coefficient (Wildman–Crippen LogP) is 4.25. The Kier molecular flexibility index (Phi) is 7.36. The van der Waals surface area contributed by atoms with Gasteiger partial charge in [-0.15, -0.1) is 11.3 Å². The van der Waals surface area contributed by atoms with Gasteiger partial charge in [-0.3, -0.25) is 9.48 Å². The van der Waals surface area contributed by atoms with Crippen molar-refractivity contribution in [3.63, 3.8) is 0 Å². The summed E-state index contributed by atoms with van der Waals surface area (Å²) in [5.74, 6) is 0.258. The Balaban J connectivity index is 1.35. The van der Waals surface area contributed by atoms with Crippen LogP contribution in [0, 0.1) is 13.8 Å². The molecular weight excluding hydrogens is 466 g/mol. The molecule has 0 unspecified atom stereocenters. The van der Waals surface area contributed by atoms with Crippen molar-refractivity contribution in [3.8, 4) is 11.5 Å². The first-order valence-corrected chi connectivity index (χ1v) is 11.9. The quantitative estimate of drug-likeness (QED) is 0.351. The fourth-order valence-electron chi connectivity index (χ4n) is 3.63. The van der Waals surface area contributed by atoms with Gasteiger partial charge in [-0.25, -0.2) is 4.79 Å². The van der Waals surface area contributed by atoms with E-state index in [2.05, 4.69) is 34.7 Å². The zero-order chi connectivity index (χ0) is 24.9. The van der Waals surface area contributed by atoms with Gasteiger partial charge in [0.1, 0.15) is 9.71 Å². The molecule has 1 amide bonds. The largest absolute Gasteiger partial charge is 0.493 e. The number of fused-ring (bicyclic) bond motifs is 1. The fraction of sp³-hybridized carbons (Fsp3) is 0.269. The van der Waals surface area contributed by atoms with Crippen molar-refractivity contribution in [1.82, 2.24) is 15.1 Å². The second kappa shape index (κ2) is 10.6. The molecule has 8 nitrogen and oxygen atoms in total. The lowest BCUT2D eigenvalue weighted by Crippen LogP contribution is -2.28. The zero-order valence-corrected chi connectivity index (χ0v) is 20.9. The van der Waals surface area contributed by atoms with Crippen molar-refractivity contribution in [2.75, 3.05) is 20.8 Å². The number of thiophene rings is 1. The van der Waals surface area contributed by atoms with Crippen LogP contribution >= 0.6 is 11.3 Å². The molecule has 0 bridgehead atoms. The van der Waals surface area contributed by atoms with Crippen LogP contribution in [0.2, 0.25) is 0 Å². The Morgan fingerprint density at radius 2 is 1.69 bits per heavy atom. The lowest BCUT2D eigenvalue weighted by Gasteiger charge is -2.10. The number of aromatic nitrogens is 2. The van der Waals surface area contributed by atoms with Gasteiger partial charge in [-0.05, 0) is 43.2 Å². The standard InChI is InChI=1S/C26H27N3O5S/c1-16-5-7-18(8-6-16)14-29-25-20(17(2)28-29)12-23(35-25)26(31)34-15-24(30)27-13-19-9-10-21(32-3)22(11-19)33-4/h5-12H,13-15H2,1-4H3,(H,27,30). The molecule has 0 aliphatic rings. The Bertz CT molecular complexity index is 1360. The van der Waals surface area contributed by atoms with Crippen LogP contribution in [0.1, 0.15) is 32.1 Å². The van der Waals surface area contributed by atoms with Crippen LogP contribution in [0.3, 0.4) is 0 Å². The van der Waals surface area contributed by atoms with Crippen molar-refractivity contribution in [1.29, 1.82) is 0 Å². The van der Waals surface area contributed by atoms with E-state index in [1.807, 2.05) is 24.6 Å². The van der Waals surface area contributed by atoms with Crippen molar-refractivity contribution in [2.24, 2.45) is 0 Å². The molecule has 0 aliphatic carbocycles. The lowest BCUT2D eigenvalue weighted by molar-refractivity contribution is -0.124. The number of ether oxygens (including phenoxy) is 3. The third kappa shape index (κ3) is 5.63. The highest BCUT2D eigenvalue weighted by atomic mass is 32.1. The number of nitrogens with zero attached hydrogens (tertiary/aromatic N) is 2. The number of nitrogens with one attached hydrogen (secondary N) is 1. The van der Waals surface area contributed by atoms with Crippen molar-refractivity contribution in [3.05, 3.63) is 75.8 Å². The lowest BCUT2D eigenvalue weighted by atomic mass is 10.1. The minimum atomic E-state index is -0.534. The first kappa shape index (κ1) is 24.3. The van der Waals surface area contributed by atoms with Crippen molar-refractivity contribution >= 4 is 33.4 Å². The van der Waals surface area contributed by atoms with E-state index in [9.17, 15) is 9.59 Å². The SMILES string of the molecule is COc1ccc(CNC(=O)COC(=O)c2cc3c(C)nn(Cc4ccc(C)cc4)c3s2)cc1OC. The third-order valence-electron chi connectivity index (χ3n) is 5.53. The van der Waals surface area contributed by atoms with E-state index in [-0.39, 0.29) is 13.2 Å². The zero-order valence-electron chi connectivity index (χ0n) is 20.1. The molecule has 35 heavy (non-hydrogen) atoms. The summed E-state index contributed by atoms with van der Waals surface area (Å²) in [5.41, 5.74) is 4.00. The molecule has 1 N–H and O–H groups in total. The highest BCUT2D eigenvalue weighted by Crippen LogP contribution is 2.30. The van der Waals surface area contributed by atoms with E-state index in [0.717, 1.165) is 27.0 Å². The molecule has 2 heterocycles. The molecule has 2 aromatic carbocycles. The number of esters is 1. The Morgan fingerprint density at radius 1 is 0.971 bits per heavy atom. The number of carbonyl (C=O) groups is 2. The van der Waals surface area contributed by atoms with Crippen LogP contribution in [0.15, 0.2) is 48.5 Å². The molecule has 0 atom stereocenters. The maximum atomic E-state index is 12.6.